The fraction of sp³-hybridized carbons (Fsp3) is 0.417. The zero-order chi connectivity index (χ0) is 12.6. The molecular formula is C12H18O4. The first-order valence-corrected chi connectivity index (χ1v) is 4.93. The average Bonchev–Trinajstić information content (AvgIpc) is 2.20. The molecule has 0 radical (unpaired) electrons. The van der Waals surface area contributed by atoms with Gasteiger partial charge in [-0.05, 0) is 6.92 Å². The van der Waals surface area contributed by atoms with Crippen molar-refractivity contribution in [2.75, 3.05) is 13.2 Å². The van der Waals surface area contributed by atoms with Gasteiger partial charge in [-0.3, -0.25) is 0 Å². The van der Waals surface area contributed by atoms with Crippen LogP contribution >= 0.6 is 0 Å². The quantitative estimate of drug-likeness (QED) is 0.299. The number of aliphatic hydroxyl groups is 1. The highest BCUT2D eigenvalue weighted by atomic mass is 16.6. The predicted molar refractivity (Wildman–Crippen MR) is 61.9 cm³/mol. The van der Waals surface area contributed by atoms with Crippen molar-refractivity contribution >= 4 is 5.97 Å². The Morgan fingerprint density at radius 3 is 2.19 bits per heavy atom. The lowest BCUT2D eigenvalue weighted by Crippen LogP contribution is -2.10. The van der Waals surface area contributed by atoms with E-state index < -0.39 is 5.97 Å². The van der Waals surface area contributed by atoms with E-state index in [2.05, 4.69) is 19.7 Å². The summed E-state index contributed by atoms with van der Waals surface area (Å²) in [5, 5.41) is 8.84. The van der Waals surface area contributed by atoms with Crippen molar-refractivity contribution in [1.29, 1.82) is 0 Å². The van der Waals surface area contributed by atoms with Crippen LogP contribution in [0, 0.1) is 0 Å². The monoisotopic (exact) mass is 226 g/mol. The van der Waals surface area contributed by atoms with Gasteiger partial charge in [-0.25, -0.2) is 4.79 Å². The highest BCUT2D eigenvalue weighted by molar-refractivity contribution is 5.86. The third kappa shape index (κ3) is 7.67. The number of ether oxygens (including phenoxy) is 2. The van der Waals surface area contributed by atoms with Crippen LogP contribution in [-0.4, -0.2) is 24.3 Å². The molecule has 16 heavy (non-hydrogen) atoms. The summed E-state index contributed by atoms with van der Waals surface area (Å²) in [6.07, 6.45) is 0.925. The van der Waals surface area contributed by atoms with Crippen LogP contribution in [-0.2, 0) is 14.3 Å². The van der Waals surface area contributed by atoms with Crippen LogP contribution in [0.5, 0.6) is 0 Å². The van der Waals surface area contributed by atoms with Gasteiger partial charge in [-0.15, -0.1) is 0 Å². The Kier molecular flexibility index (Phi) is 6.76. The van der Waals surface area contributed by atoms with E-state index in [-0.39, 0.29) is 19.0 Å². The molecule has 0 fully saturated rings. The zero-order valence-corrected chi connectivity index (χ0v) is 9.62. The van der Waals surface area contributed by atoms with E-state index in [1.165, 1.54) is 0 Å². The lowest BCUT2D eigenvalue weighted by molar-refractivity contribution is -0.140. The summed E-state index contributed by atoms with van der Waals surface area (Å²) < 4.78 is 9.98. The summed E-state index contributed by atoms with van der Waals surface area (Å²) in [6, 6.07) is 0. The van der Waals surface area contributed by atoms with Gasteiger partial charge in [0.05, 0.1) is 11.5 Å². The maximum absolute atomic E-state index is 11.0. The maximum Gasteiger partial charge on any atom is 0.333 e. The smallest absolute Gasteiger partial charge is 0.333 e. The van der Waals surface area contributed by atoms with E-state index in [0.29, 0.717) is 24.2 Å². The Hall–Kier alpha value is -1.71. The van der Waals surface area contributed by atoms with Crippen molar-refractivity contribution in [3.63, 3.8) is 0 Å². The normalized spacial score (nSPS) is 9.31. The number of carbonyl (C=O) groups excluding carboxylic acids is 1. The van der Waals surface area contributed by atoms with Crippen LogP contribution in [0.15, 0.2) is 36.8 Å². The fourth-order valence-electron chi connectivity index (χ4n) is 0.799. The van der Waals surface area contributed by atoms with Gasteiger partial charge in [-0.1, -0.05) is 19.7 Å². The first kappa shape index (κ1) is 14.3. The van der Waals surface area contributed by atoms with E-state index >= 15 is 0 Å². The number of rotatable bonds is 8. The van der Waals surface area contributed by atoms with Crippen molar-refractivity contribution in [2.45, 2.75) is 19.8 Å². The average molecular weight is 226 g/mol. The minimum atomic E-state index is -0.432. The molecule has 0 aliphatic rings. The SMILES string of the molecule is C=C(O)CCC(=C)OCCOC(=O)C(=C)C. The Bertz CT molecular complexity index is 291. The van der Waals surface area contributed by atoms with Crippen molar-refractivity contribution in [2.24, 2.45) is 0 Å². The molecule has 0 aromatic heterocycles. The summed E-state index contributed by atoms with van der Waals surface area (Å²) >= 11 is 0. The molecule has 90 valence electrons. The minimum absolute atomic E-state index is 0.0958. The molecule has 0 rings (SSSR count). The van der Waals surface area contributed by atoms with E-state index in [4.69, 9.17) is 14.6 Å². The van der Waals surface area contributed by atoms with Crippen LogP contribution in [0.3, 0.4) is 0 Å². The van der Waals surface area contributed by atoms with Crippen molar-refractivity contribution in [3.8, 4) is 0 Å². The number of hydrogen-bond acceptors (Lipinski definition) is 4. The van der Waals surface area contributed by atoms with Crippen LogP contribution in [0.2, 0.25) is 0 Å². The second-order valence-electron chi connectivity index (χ2n) is 3.37. The summed E-state index contributed by atoms with van der Waals surface area (Å²) in [5.41, 5.74) is 0.357. The van der Waals surface area contributed by atoms with Gasteiger partial charge in [-0.2, -0.15) is 0 Å². The molecule has 0 saturated carbocycles. The molecule has 0 amide bonds. The molecule has 4 nitrogen and oxygen atoms in total. The summed E-state index contributed by atoms with van der Waals surface area (Å²) in [5.74, 6) is 0.193. The lowest BCUT2D eigenvalue weighted by atomic mass is 10.2. The summed E-state index contributed by atoms with van der Waals surface area (Å²) in [6.45, 7) is 12.4. The molecule has 0 spiro atoms. The molecule has 4 heteroatoms. The van der Waals surface area contributed by atoms with Crippen LogP contribution in [0.4, 0.5) is 0 Å². The Morgan fingerprint density at radius 1 is 1.12 bits per heavy atom. The molecule has 0 saturated heterocycles. The summed E-state index contributed by atoms with van der Waals surface area (Å²) in [4.78, 5) is 11.0. The molecule has 1 N–H and O–H groups in total. The zero-order valence-electron chi connectivity index (χ0n) is 9.62. The number of esters is 1. The van der Waals surface area contributed by atoms with Crippen LogP contribution in [0.25, 0.3) is 0 Å². The van der Waals surface area contributed by atoms with Gasteiger partial charge in [0.15, 0.2) is 0 Å². The third-order valence-corrected chi connectivity index (χ3v) is 1.66. The van der Waals surface area contributed by atoms with E-state index in [1.807, 2.05) is 0 Å². The Morgan fingerprint density at radius 2 is 1.69 bits per heavy atom. The Labute approximate surface area is 95.9 Å². The highest BCUT2D eigenvalue weighted by Crippen LogP contribution is 2.07. The molecule has 0 aromatic carbocycles. The molecular weight excluding hydrogens is 208 g/mol. The minimum Gasteiger partial charge on any atom is -0.513 e. The first-order chi connectivity index (χ1) is 7.43. The van der Waals surface area contributed by atoms with Crippen molar-refractivity contribution in [3.05, 3.63) is 36.8 Å². The van der Waals surface area contributed by atoms with Crippen molar-refractivity contribution < 1.29 is 19.4 Å². The van der Waals surface area contributed by atoms with Gasteiger partial charge in [0, 0.05) is 18.4 Å². The second-order valence-corrected chi connectivity index (χ2v) is 3.37. The molecule has 0 heterocycles. The first-order valence-electron chi connectivity index (χ1n) is 4.93. The molecule has 0 bridgehead atoms. The van der Waals surface area contributed by atoms with Gasteiger partial charge in [0.25, 0.3) is 0 Å². The van der Waals surface area contributed by atoms with Gasteiger partial charge in [0.1, 0.15) is 13.2 Å². The number of hydrogen-bond donors (Lipinski definition) is 1. The standard InChI is InChI=1S/C12H18O4/c1-9(2)12(14)16-8-7-15-11(4)6-5-10(3)13/h13H,1,3-8H2,2H3. The van der Waals surface area contributed by atoms with E-state index in [9.17, 15) is 4.79 Å². The van der Waals surface area contributed by atoms with Gasteiger partial charge in [0.2, 0.25) is 0 Å². The second kappa shape index (κ2) is 7.56. The summed E-state index contributed by atoms with van der Waals surface area (Å²) in [7, 11) is 0. The largest absolute Gasteiger partial charge is 0.513 e. The van der Waals surface area contributed by atoms with Crippen LogP contribution < -0.4 is 0 Å². The number of aliphatic hydroxyl groups excluding tert-OH is 1. The van der Waals surface area contributed by atoms with Crippen molar-refractivity contribution in [1.82, 2.24) is 0 Å². The molecule has 0 aliphatic carbocycles. The van der Waals surface area contributed by atoms with Gasteiger partial charge < -0.3 is 14.6 Å². The highest BCUT2D eigenvalue weighted by Gasteiger charge is 2.03. The van der Waals surface area contributed by atoms with Gasteiger partial charge >= 0.3 is 5.97 Å². The van der Waals surface area contributed by atoms with E-state index in [1.54, 1.807) is 6.92 Å². The van der Waals surface area contributed by atoms with Crippen LogP contribution in [0.1, 0.15) is 19.8 Å². The van der Waals surface area contributed by atoms with E-state index in [0.717, 1.165) is 0 Å². The lowest BCUT2D eigenvalue weighted by Gasteiger charge is -2.09. The molecule has 0 aromatic rings. The predicted octanol–water partition coefficient (Wildman–Crippen LogP) is 2.49. The Balaban J connectivity index is 3.52. The molecule has 0 atom stereocenters. The molecule has 0 aliphatic heterocycles. The number of carbonyl (C=O) groups is 1. The number of allylic oxidation sites excluding steroid dienone is 2. The fourth-order valence-corrected chi connectivity index (χ4v) is 0.799. The molecule has 0 unspecified atom stereocenters. The third-order valence-electron chi connectivity index (χ3n) is 1.66. The topological polar surface area (TPSA) is 55.8 Å². The maximum atomic E-state index is 11.0.